The number of carbonyl (C=O) groups excluding carboxylic acids is 2. The number of fused-ring (bicyclic) bond motifs is 1. The van der Waals surface area contributed by atoms with Crippen LogP contribution in [0.1, 0.15) is 29.3 Å². The Kier molecular flexibility index (Phi) is 6.42. The molecule has 2 amide bonds. The number of carbonyl (C=O) groups is 3. The molecule has 4 rings (SSSR count). The average Bonchev–Trinajstić information content (AvgIpc) is 3.04. The first-order valence-corrected chi connectivity index (χ1v) is 9.18. The molecule has 9 heteroatoms. The summed E-state index contributed by atoms with van der Waals surface area (Å²) in [5, 5.41) is 22.3. The number of pyridine rings is 1. The molecule has 2 aliphatic rings. The second-order valence-electron chi connectivity index (χ2n) is 7.15. The number of aliphatic hydroxyl groups is 1. The number of β-lactam (4-membered cyclic amide) rings is 1. The molecule has 2 aromatic rings. The molecule has 0 unspecified atom stereocenters. The Morgan fingerprint density at radius 3 is 2.57 bits per heavy atom. The molecule has 3 heterocycles. The summed E-state index contributed by atoms with van der Waals surface area (Å²) in [6, 6.07) is 9.59. The number of carboxylic acids is 1. The van der Waals surface area contributed by atoms with Crippen molar-refractivity contribution in [3.05, 3.63) is 65.6 Å². The molecule has 0 bridgehead atoms. The van der Waals surface area contributed by atoms with E-state index >= 15 is 0 Å². The van der Waals surface area contributed by atoms with E-state index in [-0.39, 0.29) is 53.1 Å². The minimum Gasteiger partial charge on any atom is -0.477 e. The van der Waals surface area contributed by atoms with Crippen molar-refractivity contribution in [1.82, 2.24) is 9.88 Å². The predicted octanol–water partition coefficient (Wildman–Crippen LogP) is 1.36. The number of anilines is 1. The second-order valence-corrected chi connectivity index (χ2v) is 7.15. The molecule has 0 aliphatic carbocycles. The van der Waals surface area contributed by atoms with Gasteiger partial charge in [0.2, 0.25) is 5.91 Å². The third-order valence-electron chi connectivity index (χ3n) is 5.34. The fraction of sp³-hybridized carbons (Fsp3) is 0.238. The van der Waals surface area contributed by atoms with E-state index in [1.54, 1.807) is 48.8 Å². The zero-order valence-electron chi connectivity index (χ0n) is 16.6. The van der Waals surface area contributed by atoms with Gasteiger partial charge in [-0.3, -0.25) is 14.6 Å². The van der Waals surface area contributed by atoms with Crippen molar-refractivity contribution in [1.29, 1.82) is 0 Å². The van der Waals surface area contributed by atoms with Crippen LogP contribution in [-0.2, 0) is 9.59 Å². The normalized spacial score (nSPS) is 20.7. The van der Waals surface area contributed by atoms with Gasteiger partial charge < -0.3 is 20.4 Å². The van der Waals surface area contributed by atoms with Crippen molar-refractivity contribution in [3.63, 3.8) is 0 Å². The summed E-state index contributed by atoms with van der Waals surface area (Å²) in [6.07, 6.45) is 2.59. The fourth-order valence-corrected chi connectivity index (χ4v) is 4.01. The van der Waals surface area contributed by atoms with Crippen LogP contribution in [-0.4, -0.2) is 79.6 Å². The first kappa shape index (κ1) is 22.2. The quantitative estimate of drug-likeness (QED) is 0.500. The molecular weight excluding hydrogens is 397 g/mol. The Labute approximate surface area is 194 Å². The van der Waals surface area contributed by atoms with Gasteiger partial charge in [0, 0.05) is 53.2 Å². The summed E-state index contributed by atoms with van der Waals surface area (Å²) in [4.78, 5) is 41.9. The molecule has 8 nitrogen and oxygen atoms in total. The molecule has 3 atom stereocenters. The number of aliphatic hydroxyl groups excluding tert-OH is 1. The summed E-state index contributed by atoms with van der Waals surface area (Å²) < 4.78 is 0. The molecule has 1 fully saturated rings. The summed E-state index contributed by atoms with van der Waals surface area (Å²) in [5.41, 5.74) is 1.93. The van der Waals surface area contributed by atoms with E-state index in [0.717, 1.165) is 0 Å². The molecule has 2 aliphatic heterocycles. The van der Waals surface area contributed by atoms with Crippen LogP contribution in [0.15, 0.2) is 54.5 Å². The third kappa shape index (κ3) is 3.79. The van der Waals surface area contributed by atoms with Crippen LogP contribution in [0.3, 0.4) is 0 Å². The van der Waals surface area contributed by atoms with E-state index < -0.39 is 18.0 Å². The number of hydrogen-bond acceptors (Lipinski definition) is 5. The molecule has 1 saturated heterocycles. The second kappa shape index (κ2) is 8.69. The van der Waals surface area contributed by atoms with E-state index in [2.05, 4.69) is 10.3 Å². The van der Waals surface area contributed by atoms with Crippen LogP contribution in [0.25, 0.3) is 5.57 Å². The minimum atomic E-state index is -1.20. The number of rotatable bonds is 5. The van der Waals surface area contributed by atoms with Gasteiger partial charge in [0.05, 0.1) is 18.1 Å². The zero-order valence-corrected chi connectivity index (χ0v) is 18.6. The molecule has 1 radical (unpaired) electrons. The largest absolute Gasteiger partial charge is 0.477 e. The maximum atomic E-state index is 12.6. The van der Waals surface area contributed by atoms with Crippen molar-refractivity contribution in [2.24, 2.45) is 5.92 Å². The number of amides is 2. The number of nitrogens with one attached hydrogen (secondary N) is 1. The van der Waals surface area contributed by atoms with Gasteiger partial charge in [-0.15, -0.1) is 0 Å². The smallest absolute Gasteiger partial charge is 0.352 e. The number of hydrogen-bond donors (Lipinski definition) is 3. The standard InChI is InChI=1S/C21H19N3O5.Na/c1-11(25)17-16-10-15(18(21(28)29)24(16)20(17)27)12-3-2-4-13(9-12)19(26)23-14-5-7-22-8-6-14;/h2-9,11,16-17,25H,10H2,1H3,(H,28,29)(H,22,23,26);/t11-,16-,17-;/m1./s1. The maximum absolute atomic E-state index is 12.6. The summed E-state index contributed by atoms with van der Waals surface area (Å²) in [7, 11) is 0. The zero-order chi connectivity index (χ0) is 20.7. The summed E-state index contributed by atoms with van der Waals surface area (Å²) in [5.74, 6) is -2.54. The van der Waals surface area contributed by atoms with Crippen molar-refractivity contribution >= 4 is 58.6 Å². The SMILES string of the molecule is C[C@@H](O)[C@H]1C(=O)N2C(C(=O)O)=C(c3cccc(C(=O)Nc4ccncc4)c3)C[C@H]12.[Na]. The number of aliphatic carboxylic acids is 1. The van der Waals surface area contributed by atoms with E-state index in [0.29, 0.717) is 28.8 Å². The van der Waals surface area contributed by atoms with Crippen molar-refractivity contribution in [2.75, 3.05) is 5.32 Å². The van der Waals surface area contributed by atoms with Crippen molar-refractivity contribution in [3.8, 4) is 0 Å². The minimum absolute atomic E-state index is 0. The van der Waals surface area contributed by atoms with Crippen LogP contribution >= 0.6 is 0 Å². The van der Waals surface area contributed by atoms with E-state index in [4.69, 9.17) is 0 Å². The van der Waals surface area contributed by atoms with Gasteiger partial charge in [-0.25, -0.2) is 4.79 Å². The number of nitrogens with zero attached hydrogens (tertiary/aromatic N) is 2. The number of aromatic nitrogens is 1. The summed E-state index contributed by atoms with van der Waals surface area (Å²) >= 11 is 0. The molecule has 30 heavy (non-hydrogen) atoms. The fourth-order valence-electron chi connectivity index (χ4n) is 4.01. The van der Waals surface area contributed by atoms with Crippen LogP contribution in [0, 0.1) is 5.92 Å². The molecule has 149 valence electrons. The Bertz CT molecular complexity index is 1040. The van der Waals surface area contributed by atoms with E-state index in [9.17, 15) is 24.6 Å². The van der Waals surface area contributed by atoms with Crippen molar-refractivity contribution in [2.45, 2.75) is 25.5 Å². The topological polar surface area (TPSA) is 120 Å². The predicted molar refractivity (Wildman–Crippen MR) is 109 cm³/mol. The van der Waals surface area contributed by atoms with Gasteiger partial charge in [0.1, 0.15) is 5.70 Å². The average molecular weight is 416 g/mol. The Balaban J connectivity index is 0.00000256. The van der Waals surface area contributed by atoms with Gasteiger partial charge in [0.15, 0.2) is 0 Å². The Morgan fingerprint density at radius 2 is 1.93 bits per heavy atom. The van der Waals surface area contributed by atoms with E-state index in [1.165, 1.54) is 11.8 Å². The third-order valence-corrected chi connectivity index (χ3v) is 5.34. The van der Waals surface area contributed by atoms with Crippen molar-refractivity contribution < 1.29 is 24.6 Å². The molecule has 0 saturated carbocycles. The first-order chi connectivity index (χ1) is 13.9. The van der Waals surface area contributed by atoms with Gasteiger partial charge in [-0.05, 0) is 48.7 Å². The van der Waals surface area contributed by atoms with Crippen LogP contribution in [0.4, 0.5) is 5.69 Å². The number of carboxylic acid groups (broad SMARTS) is 1. The molecule has 0 spiro atoms. The Hall–Kier alpha value is -2.52. The molecule has 3 N–H and O–H groups in total. The molecule has 1 aromatic carbocycles. The van der Waals surface area contributed by atoms with Gasteiger partial charge >= 0.3 is 5.97 Å². The summed E-state index contributed by atoms with van der Waals surface area (Å²) in [6.45, 7) is 1.53. The Morgan fingerprint density at radius 1 is 1.23 bits per heavy atom. The maximum Gasteiger partial charge on any atom is 0.352 e. The number of benzene rings is 1. The van der Waals surface area contributed by atoms with Gasteiger partial charge in [-0.1, -0.05) is 12.1 Å². The monoisotopic (exact) mass is 416 g/mol. The first-order valence-electron chi connectivity index (χ1n) is 9.18. The van der Waals surface area contributed by atoms with Gasteiger partial charge in [0.25, 0.3) is 5.91 Å². The van der Waals surface area contributed by atoms with Gasteiger partial charge in [-0.2, -0.15) is 0 Å². The van der Waals surface area contributed by atoms with Crippen LogP contribution < -0.4 is 5.32 Å². The van der Waals surface area contributed by atoms with Crippen LogP contribution in [0.2, 0.25) is 0 Å². The van der Waals surface area contributed by atoms with Crippen LogP contribution in [0.5, 0.6) is 0 Å². The molecular formula is C21H19N3NaO5. The molecule has 1 aromatic heterocycles. The van der Waals surface area contributed by atoms with E-state index in [1.807, 2.05) is 0 Å².